The largest absolute Gasteiger partial charge is 0.497 e. The summed E-state index contributed by atoms with van der Waals surface area (Å²) in [6.45, 7) is 3.47. The molecule has 1 aromatic rings. The summed E-state index contributed by atoms with van der Waals surface area (Å²) < 4.78 is 6.09. The minimum Gasteiger partial charge on any atom is -0.497 e. The quantitative estimate of drug-likeness (QED) is 0.817. The Bertz CT molecular complexity index is 429. The van der Waals surface area contributed by atoms with Crippen LogP contribution in [-0.4, -0.2) is 44.1 Å². The molecule has 0 saturated carbocycles. The van der Waals surface area contributed by atoms with Gasteiger partial charge in [0.2, 0.25) is 0 Å². The molecule has 0 aromatic heterocycles. The first-order valence-electron chi connectivity index (χ1n) is 6.06. The van der Waals surface area contributed by atoms with Gasteiger partial charge in [0, 0.05) is 23.2 Å². The van der Waals surface area contributed by atoms with Crippen LogP contribution in [0.4, 0.5) is 0 Å². The van der Waals surface area contributed by atoms with Crippen LogP contribution >= 0.6 is 22.6 Å². The van der Waals surface area contributed by atoms with E-state index in [4.69, 9.17) is 4.74 Å². The van der Waals surface area contributed by atoms with Gasteiger partial charge in [0.25, 0.3) is 5.91 Å². The molecule has 0 radical (unpaired) electrons. The number of ether oxygens (including phenoxy) is 1. The zero-order chi connectivity index (χ0) is 13.0. The Morgan fingerprint density at radius 1 is 1.39 bits per heavy atom. The van der Waals surface area contributed by atoms with E-state index < -0.39 is 0 Å². The van der Waals surface area contributed by atoms with E-state index in [0.29, 0.717) is 0 Å². The number of benzene rings is 1. The summed E-state index contributed by atoms with van der Waals surface area (Å²) in [5, 5.41) is 3.30. The van der Waals surface area contributed by atoms with Crippen LogP contribution in [0, 0.1) is 3.57 Å². The first-order chi connectivity index (χ1) is 8.72. The SMILES string of the molecule is COc1ccc(C(=O)N2CCCNCC2)c(I)c1. The van der Waals surface area contributed by atoms with E-state index in [2.05, 4.69) is 27.9 Å². The fraction of sp³-hybridized carbons (Fsp3) is 0.462. The molecule has 0 spiro atoms. The fourth-order valence-corrected chi connectivity index (χ4v) is 2.73. The van der Waals surface area contributed by atoms with Crippen molar-refractivity contribution >= 4 is 28.5 Å². The third-order valence-electron chi connectivity index (χ3n) is 3.03. The molecule has 98 valence electrons. The first-order valence-corrected chi connectivity index (χ1v) is 7.14. The van der Waals surface area contributed by atoms with E-state index in [0.717, 1.165) is 47.5 Å². The highest BCUT2D eigenvalue weighted by Crippen LogP contribution is 2.21. The standard InChI is InChI=1S/C13H17IN2O2/c1-18-10-3-4-11(12(14)9-10)13(17)16-7-2-5-15-6-8-16/h3-4,9,15H,2,5-8H2,1H3. The van der Waals surface area contributed by atoms with Crippen molar-refractivity contribution in [3.05, 3.63) is 27.3 Å². The molecule has 2 rings (SSSR count). The highest BCUT2D eigenvalue weighted by Gasteiger charge is 2.19. The van der Waals surface area contributed by atoms with Crippen molar-refractivity contribution in [2.45, 2.75) is 6.42 Å². The Kier molecular flexibility index (Phi) is 4.82. The number of methoxy groups -OCH3 is 1. The van der Waals surface area contributed by atoms with Gasteiger partial charge in [-0.15, -0.1) is 0 Å². The molecule has 0 atom stereocenters. The fourth-order valence-electron chi connectivity index (χ4n) is 2.02. The van der Waals surface area contributed by atoms with E-state index in [1.54, 1.807) is 7.11 Å². The Hall–Kier alpha value is -0.820. The number of hydrogen-bond donors (Lipinski definition) is 1. The Balaban J connectivity index is 2.16. The van der Waals surface area contributed by atoms with Crippen molar-refractivity contribution in [1.29, 1.82) is 0 Å². The van der Waals surface area contributed by atoms with E-state index in [-0.39, 0.29) is 5.91 Å². The Morgan fingerprint density at radius 3 is 2.94 bits per heavy atom. The molecular weight excluding hydrogens is 343 g/mol. The lowest BCUT2D eigenvalue weighted by molar-refractivity contribution is 0.0765. The maximum absolute atomic E-state index is 12.4. The number of nitrogens with one attached hydrogen (secondary N) is 1. The van der Waals surface area contributed by atoms with Crippen LogP contribution in [0.25, 0.3) is 0 Å². The van der Waals surface area contributed by atoms with Gasteiger partial charge >= 0.3 is 0 Å². The second-order valence-corrected chi connectivity index (χ2v) is 5.40. The minimum absolute atomic E-state index is 0.116. The summed E-state index contributed by atoms with van der Waals surface area (Å²) in [7, 11) is 1.63. The smallest absolute Gasteiger partial charge is 0.254 e. The minimum atomic E-state index is 0.116. The van der Waals surface area contributed by atoms with Crippen LogP contribution in [0.5, 0.6) is 5.75 Å². The molecule has 1 saturated heterocycles. The molecule has 4 nitrogen and oxygen atoms in total. The lowest BCUT2D eigenvalue weighted by atomic mass is 10.2. The second kappa shape index (κ2) is 6.38. The normalized spacial score (nSPS) is 16.2. The molecule has 1 aliphatic heterocycles. The molecule has 1 N–H and O–H groups in total. The summed E-state index contributed by atoms with van der Waals surface area (Å²) in [4.78, 5) is 14.3. The van der Waals surface area contributed by atoms with Crippen molar-refractivity contribution in [3.63, 3.8) is 0 Å². The second-order valence-electron chi connectivity index (χ2n) is 4.24. The number of carbonyl (C=O) groups is 1. The highest BCUT2D eigenvalue weighted by atomic mass is 127. The van der Waals surface area contributed by atoms with Gasteiger partial charge in [-0.3, -0.25) is 4.79 Å². The van der Waals surface area contributed by atoms with Gasteiger partial charge in [-0.2, -0.15) is 0 Å². The zero-order valence-corrected chi connectivity index (χ0v) is 12.6. The Labute approximate surface area is 121 Å². The molecule has 1 fully saturated rings. The lowest BCUT2D eigenvalue weighted by Crippen LogP contribution is -2.34. The highest BCUT2D eigenvalue weighted by molar-refractivity contribution is 14.1. The molecule has 1 aliphatic rings. The number of hydrogen-bond acceptors (Lipinski definition) is 3. The van der Waals surface area contributed by atoms with Crippen molar-refractivity contribution in [3.8, 4) is 5.75 Å². The van der Waals surface area contributed by atoms with Crippen molar-refractivity contribution < 1.29 is 9.53 Å². The van der Waals surface area contributed by atoms with Crippen LogP contribution in [-0.2, 0) is 0 Å². The number of halogens is 1. The monoisotopic (exact) mass is 360 g/mol. The van der Waals surface area contributed by atoms with Gasteiger partial charge in [0.1, 0.15) is 5.75 Å². The van der Waals surface area contributed by atoms with Crippen molar-refractivity contribution in [1.82, 2.24) is 10.2 Å². The average Bonchev–Trinajstić information content (AvgIpc) is 2.66. The zero-order valence-electron chi connectivity index (χ0n) is 10.4. The van der Waals surface area contributed by atoms with Crippen LogP contribution in [0.3, 0.4) is 0 Å². The first kappa shape index (κ1) is 13.6. The van der Waals surface area contributed by atoms with Gasteiger partial charge in [0.05, 0.1) is 12.7 Å². The van der Waals surface area contributed by atoms with Gasteiger partial charge in [-0.1, -0.05) is 0 Å². The molecule has 1 heterocycles. The van der Waals surface area contributed by atoms with Crippen molar-refractivity contribution in [2.24, 2.45) is 0 Å². The number of carbonyl (C=O) groups excluding carboxylic acids is 1. The van der Waals surface area contributed by atoms with Gasteiger partial charge < -0.3 is 15.0 Å². The predicted molar refractivity (Wildman–Crippen MR) is 79.1 cm³/mol. The van der Waals surface area contributed by atoms with Gasteiger partial charge in [-0.05, 0) is 53.8 Å². The average molecular weight is 360 g/mol. The molecule has 0 bridgehead atoms. The van der Waals surface area contributed by atoms with E-state index in [9.17, 15) is 4.79 Å². The summed E-state index contributed by atoms with van der Waals surface area (Å²) >= 11 is 2.19. The van der Waals surface area contributed by atoms with Gasteiger partial charge in [-0.25, -0.2) is 0 Å². The lowest BCUT2D eigenvalue weighted by Gasteiger charge is -2.20. The summed E-state index contributed by atoms with van der Waals surface area (Å²) in [6, 6.07) is 5.58. The van der Waals surface area contributed by atoms with E-state index in [1.807, 2.05) is 23.1 Å². The van der Waals surface area contributed by atoms with Crippen LogP contribution in [0.1, 0.15) is 16.8 Å². The third kappa shape index (κ3) is 3.14. The van der Waals surface area contributed by atoms with Crippen LogP contribution in [0.2, 0.25) is 0 Å². The number of nitrogens with zero attached hydrogens (tertiary/aromatic N) is 1. The van der Waals surface area contributed by atoms with Gasteiger partial charge in [0.15, 0.2) is 0 Å². The van der Waals surface area contributed by atoms with E-state index in [1.165, 1.54) is 0 Å². The summed E-state index contributed by atoms with van der Waals surface area (Å²) in [5.41, 5.74) is 0.762. The maximum Gasteiger partial charge on any atom is 0.254 e. The summed E-state index contributed by atoms with van der Waals surface area (Å²) in [6.07, 6.45) is 1.01. The number of amides is 1. The third-order valence-corrected chi connectivity index (χ3v) is 3.93. The summed E-state index contributed by atoms with van der Waals surface area (Å²) in [5.74, 6) is 0.902. The molecule has 5 heteroatoms. The van der Waals surface area contributed by atoms with Crippen LogP contribution < -0.4 is 10.1 Å². The molecule has 0 aliphatic carbocycles. The molecular formula is C13H17IN2O2. The predicted octanol–water partition coefficient (Wildman–Crippen LogP) is 1.74. The van der Waals surface area contributed by atoms with E-state index >= 15 is 0 Å². The van der Waals surface area contributed by atoms with Crippen LogP contribution in [0.15, 0.2) is 18.2 Å². The molecule has 18 heavy (non-hydrogen) atoms. The van der Waals surface area contributed by atoms with Crippen molar-refractivity contribution in [2.75, 3.05) is 33.3 Å². The maximum atomic E-state index is 12.4. The molecule has 0 unspecified atom stereocenters. The number of rotatable bonds is 2. The molecule has 1 aromatic carbocycles. The Morgan fingerprint density at radius 2 is 2.22 bits per heavy atom. The molecule has 1 amide bonds. The topological polar surface area (TPSA) is 41.6 Å².